The van der Waals surface area contributed by atoms with Crippen LogP contribution in [-0.4, -0.2) is 96.4 Å². The molecular formula is C78H77N13O10. The maximum absolute atomic E-state index is 14.0. The molecule has 0 spiro atoms. The molecule has 0 aliphatic carbocycles. The van der Waals surface area contributed by atoms with Crippen LogP contribution >= 0.6 is 0 Å². The van der Waals surface area contributed by atoms with Gasteiger partial charge in [-0.15, -0.1) is 0 Å². The van der Waals surface area contributed by atoms with Crippen LogP contribution in [0.15, 0.2) is 185 Å². The number of imidazole rings is 3. The molecule has 14 rings (SSSR count). The van der Waals surface area contributed by atoms with Gasteiger partial charge in [-0.05, 0) is 133 Å². The van der Waals surface area contributed by atoms with Crippen molar-refractivity contribution in [1.82, 2.24) is 56.1 Å². The second-order valence-electron chi connectivity index (χ2n) is 25.7. The molecule has 9 aromatic heterocycles. The second kappa shape index (κ2) is 28.6. The Morgan fingerprint density at radius 2 is 0.980 bits per heavy atom. The van der Waals surface area contributed by atoms with Gasteiger partial charge < -0.3 is 33.8 Å². The number of hydrogen-bond donors (Lipinski definition) is 3. The molecule has 0 aliphatic rings. The van der Waals surface area contributed by atoms with Crippen LogP contribution in [-0.2, 0) is 61.7 Å². The summed E-state index contributed by atoms with van der Waals surface area (Å²) in [6.07, 6.45) is 8.47. The summed E-state index contributed by atoms with van der Waals surface area (Å²) in [7, 11) is 7.49. The van der Waals surface area contributed by atoms with Crippen molar-refractivity contribution < 1.29 is 34.4 Å². The molecule has 5 aromatic carbocycles. The van der Waals surface area contributed by atoms with Gasteiger partial charge in [0.15, 0.2) is 16.9 Å². The summed E-state index contributed by atoms with van der Waals surface area (Å²) in [4.78, 5) is 90.1. The number of carboxylic acid groups (broad SMARTS) is 3. The monoisotopic (exact) mass is 1360 g/mol. The lowest BCUT2D eigenvalue weighted by Crippen LogP contribution is -2.30. The molecule has 23 heteroatoms. The van der Waals surface area contributed by atoms with Gasteiger partial charge in [-0.3, -0.25) is 41.8 Å². The van der Waals surface area contributed by atoms with Crippen LogP contribution in [0.4, 0.5) is 0 Å². The predicted octanol–water partition coefficient (Wildman–Crippen LogP) is 12.0. The van der Waals surface area contributed by atoms with E-state index in [-0.39, 0.29) is 48.7 Å². The number of methoxy groups -OCH3 is 1. The van der Waals surface area contributed by atoms with E-state index in [2.05, 4.69) is 81.5 Å². The number of carbonyl (C=O) groups is 3. The highest BCUT2D eigenvalue weighted by molar-refractivity contribution is 5.90. The molecule has 3 N–H and O–H groups in total. The van der Waals surface area contributed by atoms with E-state index in [1.807, 2.05) is 125 Å². The Morgan fingerprint density at radius 3 is 1.47 bits per heavy atom. The summed E-state index contributed by atoms with van der Waals surface area (Å²) in [6.45, 7) is 11.3. The minimum absolute atomic E-state index is 0.122. The molecule has 0 amide bonds. The van der Waals surface area contributed by atoms with E-state index < -0.39 is 35.9 Å². The van der Waals surface area contributed by atoms with Crippen molar-refractivity contribution in [3.63, 3.8) is 0 Å². The predicted molar refractivity (Wildman–Crippen MR) is 388 cm³/mol. The molecule has 0 saturated carbocycles. The van der Waals surface area contributed by atoms with E-state index in [0.29, 0.717) is 64.4 Å². The quantitative estimate of drug-likeness (QED) is 0.0640. The lowest BCUT2D eigenvalue weighted by Gasteiger charge is -2.17. The molecule has 0 bridgehead atoms. The van der Waals surface area contributed by atoms with Gasteiger partial charge in [-0.1, -0.05) is 104 Å². The average Bonchev–Trinajstić information content (AvgIpc) is 1.61. The number of aromatic nitrogens is 12. The van der Waals surface area contributed by atoms with Gasteiger partial charge in [0.2, 0.25) is 5.88 Å². The van der Waals surface area contributed by atoms with E-state index >= 15 is 0 Å². The van der Waals surface area contributed by atoms with Gasteiger partial charge in [0.05, 0.1) is 74.1 Å². The smallest absolute Gasteiger partial charge is 0.331 e. The summed E-state index contributed by atoms with van der Waals surface area (Å²) in [5.41, 5.74) is 14.7. The Kier molecular flexibility index (Phi) is 19.5. The van der Waals surface area contributed by atoms with Crippen LogP contribution in [0.2, 0.25) is 0 Å². The highest BCUT2D eigenvalue weighted by Gasteiger charge is 2.30. The van der Waals surface area contributed by atoms with Crippen LogP contribution in [0.3, 0.4) is 0 Å². The fourth-order valence-corrected chi connectivity index (χ4v) is 14.4. The molecule has 0 fully saturated rings. The van der Waals surface area contributed by atoms with E-state index in [4.69, 9.17) is 4.74 Å². The normalized spacial score (nSPS) is 12.4. The zero-order valence-corrected chi connectivity index (χ0v) is 57.6. The van der Waals surface area contributed by atoms with Crippen molar-refractivity contribution in [3.8, 4) is 11.9 Å². The number of pyridine rings is 3. The fraction of sp³-hybridized carbons (Fsp3) is 0.256. The Balaban J connectivity index is 0.000000144. The lowest BCUT2D eigenvalue weighted by atomic mass is 10.0. The lowest BCUT2D eigenvalue weighted by molar-refractivity contribution is -0.142. The van der Waals surface area contributed by atoms with Crippen LogP contribution in [0.25, 0.3) is 66.2 Å². The van der Waals surface area contributed by atoms with Gasteiger partial charge in [-0.25, -0.2) is 24.4 Å². The van der Waals surface area contributed by atoms with Crippen molar-refractivity contribution in [3.05, 3.63) is 258 Å². The second-order valence-corrected chi connectivity index (χ2v) is 25.7. The fourth-order valence-electron chi connectivity index (χ4n) is 14.4. The first-order valence-corrected chi connectivity index (χ1v) is 33.2. The van der Waals surface area contributed by atoms with Crippen LogP contribution in [0.5, 0.6) is 5.88 Å². The number of rotatable bonds is 20. The molecule has 101 heavy (non-hydrogen) atoms. The average molecular weight is 1360 g/mol. The van der Waals surface area contributed by atoms with Crippen molar-refractivity contribution in [2.75, 3.05) is 7.11 Å². The van der Waals surface area contributed by atoms with Crippen LogP contribution < -0.4 is 21.8 Å². The highest BCUT2D eigenvalue weighted by Crippen LogP contribution is 2.33. The van der Waals surface area contributed by atoms with Gasteiger partial charge in [-0.2, -0.15) is 10.2 Å². The number of nitriles is 1. The standard InChI is InChI=1S/C28H28N4O4.C27H23N5O3.C23H26N4O3/c1-17-12-18(2)26-20(15-30(3)23(26)13-17)16-31-21-10-11-24(36-4)29-27(21)32(28(31)35)22(14-25(33)34)19-8-6-5-7-9-19;1-17-7-6-10-21-25(17)19(15-30(21)2)16-31-22-12-11-20(14-28)29-26(22)32(27(31)35)23(13-24(33)34)18-8-4-3-5-9-18;1-4-7-16(22(28)29)13-27-21-19(10-6-11-24-21)26(23(27)30)14-17-12-25(3)18-9-5-8-15(2)20(17)18/h5-13,15,22H,14,16H2,1-4H3,(H,33,34);3-12,15,23H,13,16H2,1-2H3,(H,33,34);5-6,8-12,16H,4,7,13-14H2,1-3H3,(H,28,29)/t22-;23-;/m11./s1. The number of carboxylic acids is 3. The first kappa shape index (κ1) is 68.6. The van der Waals surface area contributed by atoms with Crippen molar-refractivity contribution in [2.45, 2.75) is 98.6 Å². The minimum Gasteiger partial charge on any atom is -0.481 e. The van der Waals surface area contributed by atoms with Crippen molar-refractivity contribution in [1.29, 1.82) is 5.26 Å². The third kappa shape index (κ3) is 13.3. The number of hydrogen-bond acceptors (Lipinski definition) is 11. The Bertz CT molecular complexity index is 5750. The van der Waals surface area contributed by atoms with Gasteiger partial charge in [0.25, 0.3) is 0 Å². The van der Waals surface area contributed by atoms with Crippen LogP contribution in [0.1, 0.15) is 100 Å². The Morgan fingerprint density at radius 1 is 0.515 bits per heavy atom. The van der Waals surface area contributed by atoms with Crippen LogP contribution in [0, 0.1) is 44.9 Å². The molecule has 0 aliphatic heterocycles. The third-order valence-electron chi connectivity index (χ3n) is 18.9. The Labute approximate surface area is 579 Å². The van der Waals surface area contributed by atoms with E-state index in [1.165, 1.54) is 26.4 Å². The van der Waals surface area contributed by atoms with Gasteiger partial charge in [0.1, 0.15) is 11.8 Å². The number of aryl methyl sites for hydroxylation is 7. The van der Waals surface area contributed by atoms with Crippen molar-refractivity contribution in [2.24, 2.45) is 27.1 Å². The Hall–Kier alpha value is -12.3. The molecule has 14 aromatic rings. The highest BCUT2D eigenvalue weighted by atomic mass is 16.5. The van der Waals surface area contributed by atoms with Crippen molar-refractivity contribution >= 4 is 84.1 Å². The zero-order chi connectivity index (χ0) is 71.7. The number of benzene rings is 5. The maximum atomic E-state index is 14.0. The van der Waals surface area contributed by atoms with Gasteiger partial charge >= 0.3 is 35.0 Å². The molecular weight excluding hydrogens is 1280 g/mol. The molecule has 9 heterocycles. The summed E-state index contributed by atoms with van der Waals surface area (Å²) < 4.78 is 20.9. The number of aliphatic carboxylic acids is 3. The van der Waals surface area contributed by atoms with E-state index in [9.17, 15) is 49.3 Å². The third-order valence-corrected chi connectivity index (χ3v) is 18.9. The summed E-state index contributed by atoms with van der Waals surface area (Å²) >= 11 is 0. The molecule has 0 saturated heterocycles. The first-order valence-electron chi connectivity index (χ1n) is 33.2. The maximum Gasteiger partial charge on any atom is 0.331 e. The largest absolute Gasteiger partial charge is 0.481 e. The summed E-state index contributed by atoms with van der Waals surface area (Å²) in [5, 5.41) is 41.7. The number of fused-ring (bicyclic) bond motifs is 6. The molecule has 23 nitrogen and oxygen atoms in total. The summed E-state index contributed by atoms with van der Waals surface area (Å²) in [6, 6.07) is 45.8. The number of nitrogens with zero attached hydrogens (tertiary/aromatic N) is 13. The number of ether oxygens (including phenoxy) is 1. The zero-order valence-electron chi connectivity index (χ0n) is 57.6. The molecule has 1 unspecified atom stereocenters. The van der Waals surface area contributed by atoms with Gasteiger partial charge in [0, 0.05) is 91.3 Å². The first-order chi connectivity index (χ1) is 48.6. The molecule has 0 radical (unpaired) electrons. The molecule has 514 valence electrons. The molecule has 3 atom stereocenters. The SMILES string of the molecule is CCCC(Cn1c(=O)n(Cc2cn(C)c3cccc(C)c23)c2cccnc21)C(=O)O.COc1ccc2c(n1)n([C@H](CC(=O)O)c1ccccc1)c(=O)n2Cc1cn(C)c2cc(C)cc(C)c12.Cc1cccc2c1c(Cn1c(=O)n([C@H](CC(=O)O)c3ccccc3)c3nc(C#N)ccc31)cn2C. The summed E-state index contributed by atoms with van der Waals surface area (Å²) in [5.74, 6) is -3.18. The topological polar surface area (TPSA) is 279 Å². The van der Waals surface area contributed by atoms with E-state index in [1.54, 1.807) is 68.4 Å². The minimum atomic E-state index is -1.03. The van der Waals surface area contributed by atoms with E-state index in [0.717, 1.165) is 78.1 Å².